The predicted molar refractivity (Wildman–Crippen MR) is 103 cm³/mol. The Balaban J connectivity index is 1.62. The Bertz CT molecular complexity index is 1000. The maximum absolute atomic E-state index is 12.7. The molecule has 0 atom stereocenters. The fraction of sp³-hybridized carbons (Fsp3) is 0.333. The molecule has 3 aromatic rings. The van der Waals surface area contributed by atoms with Crippen molar-refractivity contribution in [3.63, 3.8) is 0 Å². The van der Waals surface area contributed by atoms with Gasteiger partial charge in [-0.05, 0) is 62.4 Å². The van der Waals surface area contributed by atoms with E-state index in [9.17, 15) is 9.59 Å². The van der Waals surface area contributed by atoms with Gasteiger partial charge in [-0.3, -0.25) is 9.59 Å². The van der Waals surface area contributed by atoms with Gasteiger partial charge in [-0.2, -0.15) is 5.10 Å². The number of carbonyl (C=O) groups is 2. The van der Waals surface area contributed by atoms with E-state index in [1.165, 1.54) is 37.4 Å². The first kappa shape index (κ1) is 17.4. The zero-order valence-electron chi connectivity index (χ0n) is 15.4. The third kappa shape index (κ3) is 3.47. The number of rotatable bonds is 3. The van der Waals surface area contributed by atoms with Gasteiger partial charge in [0.25, 0.3) is 5.91 Å². The number of nitrogens with zero attached hydrogens (tertiary/aromatic N) is 3. The van der Waals surface area contributed by atoms with Gasteiger partial charge < -0.3 is 5.32 Å². The van der Waals surface area contributed by atoms with Gasteiger partial charge in [0.2, 0.25) is 0 Å². The highest BCUT2D eigenvalue weighted by atomic mass is 16.1. The fourth-order valence-corrected chi connectivity index (χ4v) is 3.60. The van der Waals surface area contributed by atoms with Crippen molar-refractivity contribution in [2.24, 2.45) is 0 Å². The number of aromatic nitrogens is 3. The largest absolute Gasteiger partial charge is 0.322 e. The maximum Gasteiger partial charge on any atom is 0.261 e. The molecule has 1 N–H and O–H groups in total. The van der Waals surface area contributed by atoms with E-state index in [0.29, 0.717) is 22.5 Å². The van der Waals surface area contributed by atoms with Crippen LogP contribution in [0.3, 0.4) is 0 Å². The number of amides is 1. The van der Waals surface area contributed by atoms with Crippen LogP contribution < -0.4 is 5.32 Å². The minimum absolute atomic E-state index is 0.00352. The number of aryl methyl sites for hydroxylation is 2. The van der Waals surface area contributed by atoms with Crippen LogP contribution in [0, 0.1) is 0 Å². The molecule has 1 amide bonds. The lowest BCUT2D eigenvalue weighted by Crippen LogP contribution is -2.13. The summed E-state index contributed by atoms with van der Waals surface area (Å²) < 4.78 is 1.83. The Labute approximate surface area is 157 Å². The van der Waals surface area contributed by atoms with Crippen LogP contribution in [0.1, 0.15) is 64.6 Å². The molecule has 0 spiro atoms. The average molecular weight is 362 g/mol. The van der Waals surface area contributed by atoms with Crippen LogP contribution in [0.4, 0.5) is 5.69 Å². The molecule has 27 heavy (non-hydrogen) atoms. The SMILES string of the molecule is CC(=O)c1ccc(NC(=O)c2cnn3c4c(cnc23)CCCCCC4)cc1. The first-order valence-electron chi connectivity index (χ1n) is 9.40. The van der Waals surface area contributed by atoms with Crippen molar-refractivity contribution in [2.45, 2.75) is 45.4 Å². The van der Waals surface area contributed by atoms with Gasteiger partial charge >= 0.3 is 0 Å². The third-order valence-corrected chi connectivity index (χ3v) is 5.12. The maximum atomic E-state index is 12.7. The van der Waals surface area contributed by atoms with E-state index in [1.807, 2.05) is 10.7 Å². The molecular weight excluding hydrogens is 340 g/mol. The van der Waals surface area contributed by atoms with Gasteiger partial charge in [0.1, 0.15) is 5.56 Å². The minimum atomic E-state index is -0.251. The molecule has 0 radical (unpaired) electrons. The molecule has 138 valence electrons. The Kier molecular flexibility index (Phi) is 4.71. The second-order valence-corrected chi connectivity index (χ2v) is 7.03. The molecule has 6 heteroatoms. The molecule has 1 aromatic carbocycles. The van der Waals surface area contributed by atoms with Crippen molar-refractivity contribution in [1.82, 2.24) is 14.6 Å². The summed E-state index contributed by atoms with van der Waals surface area (Å²) in [6.45, 7) is 1.52. The molecule has 0 fully saturated rings. The van der Waals surface area contributed by atoms with Gasteiger partial charge in [-0.15, -0.1) is 0 Å². The van der Waals surface area contributed by atoms with Crippen LogP contribution in [0.5, 0.6) is 0 Å². The van der Waals surface area contributed by atoms with Crippen LogP contribution in [0.2, 0.25) is 0 Å². The van der Waals surface area contributed by atoms with E-state index in [1.54, 1.807) is 30.5 Å². The first-order valence-corrected chi connectivity index (χ1v) is 9.40. The van der Waals surface area contributed by atoms with Gasteiger partial charge in [0.15, 0.2) is 11.4 Å². The van der Waals surface area contributed by atoms with E-state index < -0.39 is 0 Å². The second kappa shape index (κ2) is 7.31. The van der Waals surface area contributed by atoms with Crippen LogP contribution >= 0.6 is 0 Å². The Morgan fingerprint density at radius 2 is 1.74 bits per heavy atom. The molecular formula is C21H22N4O2. The lowest BCUT2D eigenvalue weighted by Gasteiger charge is -2.14. The highest BCUT2D eigenvalue weighted by Gasteiger charge is 2.18. The number of nitrogens with one attached hydrogen (secondary N) is 1. The molecule has 4 rings (SSSR count). The summed E-state index contributed by atoms with van der Waals surface area (Å²) in [6, 6.07) is 6.86. The Morgan fingerprint density at radius 1 is 1.00 bits per heavy atom. The van der Waals surface area contributed by atoms with E-state index in [-0.39, 0.29) is 11.7 Å². The van der Waals surface area contributed by atoms with Crippen molar-refractivity contribution < 1.29 is 9.59 Å². The molecule has 2 aromatic heterocycles. The molecule has 0 aliphatic heterocycles. The van der Waals surface area contributed by atoms with Gasteiger partial charge in [-0.25, -0.2) is 9.50 Å². The van der Waals surface area contributed by atoms with Crippen molar-refractivity contribution in [3.05, 3.63) is 59.0 Å². The van der Waals surface area contributed by atoms with Crippen molar-refractivity contribution >= 4 is 23.0 Å². The molecule has 6 nitrogen and oxygen atoms in total. The van der Waals surface area contributed by atoms with E-state index in [4.69, 9.17) is 0 Å². The zero-order valence-corrected chi connectivity index (χ0v) is 15.4. The van der Waals surface area contributed by atoms with E-state index >= 15 is 0 Å². The minimum Gasteiger partial charge on any atom is -0.322 e. The summed E-state index contributed by atoms with van der Waals surface area (Å²) in [5, 5.41) is 7.31. The van der Waals surface area contributed by atoms with Crippen molar-refractivity contribution in [2.75, 3.05) is 5.32 Å². The van der Waals surface area contributed by atoms with Gasteiger partial charge in [-0.1, -0.05) is 12.8 Å². The normalized spacial score (nSPS) is 14.3. The topological polar surface area (TPSA) is 76.4 Å². The molecule has 0 saturated heterocycles. The number of carbonyl (C=O) groups excluding carboxylic acids is 2. The Hall–Kier alpha value is -3.02. The van der Waals surface area contributed by atoms with Crippen molar-refractivity contribution in [3.8, 4) is 0 Å². The fourth-order valence-electron chi connectivity index (χ4n) is 3.60. The van der Waals surface area contributed by atoms with Crippen LogP contribution in [-0.4, -0.2) is 26.3 Å². The van der Waals surface area contributed by atoms with Crippen LogP contribution in [0.15, 0.2) is 36.7 Å². The molecule has 1 aliphatic carbocycles. The van der Waals surface area contributed by atoms with E-state index in [2.05, 4.69) is 15.4 Å². The molecule has 1 aliphatic rings. The zero-order chi connectivity index (χ0) is 18.8. The first-order chi connectivity index (χ1) is 13.1. The number of fused-ring (bicyclic) bond motifs is 3. The molecule has 0 unspecified atom stereocenters. The second-order valence-electron chi connectivity index (χ2n) is 7.03. The summed E-state index contributed by atoms with van der Waals surface area (Å²) in [5.41, 5.74) is 4.70. The van der Waals surface area contributed by atoms with Crippen LogP contribution in [0.25, 0.3) is 5.65 Å². The Morgan fingerprint density at radius 3 is 2.48 bits per heavy atom. The number of hydrogen-bond acceptors (Lipinski definition) is 4. The number of anilines is 1. The molecule has 0 bridgehead atoms. The van der Waals surface area contributed by atoms with Gasteiger partial charge in [0.05, 0.1) is 6.20 Å². The quantitative estimate of drug-likeness (QED) is 0.718. The van der Waals surface area contributed by atoms with Crippen molar-refractivity contribution in [1.29, 1.82) is 0 Å². The summed E-state index contributed by atoms with van der Waals surface area (Å²) in [7, 11) is 0. The lowest BCUT2D eigenvalue weighted by molar-refractivity contribution is 0.101. The highest BCUT2D eigenvalue weighted by molar-refractivity contribution is 6.08. The molecule has 2 heterocycles. The highest BCUT2D eigenvalue weighted by Crippen LogP contribution is 2.22. The number of Topliss-reactive ketones (excluding diaryl/α,β-unsaturated/α-hetero) is 1. The summed E-state index contributed by atoms with van der Waals surface area (Å²) in [4.78, 5) is 28.6. The summed E-state index contributed by atoms with van der Waals surface area (Å²) in [5.74, 6) is -0.255. The number of ketones is 1. The lowest BCUT2D eigenvalue weighted by atomic mass is 9.98. The summed E-state index contributed by atoms with van der Waals surface area (Å²) in [6.07, 6.45) is 10.3. The number of benzene rings is 1. The smallest absolute Gasteiger partial charge is 0.261 e. The predicted octanol–water partition coefficient (Wildman–Crippen LogP) is 3.84. The molecule has 0 saturated carbocycles. The van der Waals surface area contributed by atoms with Crippen LogP contribution in [-0.2, 0) is 12.8 Å². The average Bonchev–Trinajstić information content (AvgIpc) is 3.06. The van der Waals surface area contributed by atoms with E-state index in [0.717, 1.165) is 19.3 Å². The third-order valence-electron chi connectivity index (χ3n) is 5.12. The monoisotopic (exact) mass is 362 g/mol. The standard InChI is InChI=1S/C21H22N4O2/c1-14(26)15-8-10-17(11-9-15)24-21(27)18-13-23-25-19-7-5-3-2-4-6-16(19)12-22-20(18)25/h8-13H,2-7H2,1H3,(H,24,27). The summed E-state index contributed by atoms with van der Waals surface area (Å²) >= 11 is 0. The number of hydrogen-bond donors (Lipinski definition) is 1. The van der Waals surface area contributed by atoms with Gasteiger partial charge in [0, 0.05) is 23.1 Å².